The molecule has 17 heavy (non-hydrogen) atoms. The van der Waals surface area contributed by atoms with E-state index < -0.39 is 27.1 Å². The summed E-state index contributed by atoms with van der Waals surface area (Å²) < 4.78 is 0. The Morgan fingerprint density at radius 2 is 0.529 bits per heavy atom. The summed E-state index contributed by atoms with van der Waals surface area (Å²) in [7, 11) is -14.8. The van der Waals surface area contributed by atoms with Crippen molar-refractivity contribution >= 4 is 38.1 Å². The van der Waals surface area contributed by atoms with Gasteiger partial charge in [-0.3, -0.25) is 0 Å². The van der Waals surface area contributed by atoms with Gasteiger partial charge in [-0.2, -0.15) is 0 Å². The Hall–Kier alpha value is 0.348. The standard InChI is InChI=1S/H3N.2H4O4Si.O4Si.Si/c;3*1-5(2,3)4;/h1H3;2*1-4H;;/q;;;-4;+4. The minimum absolute atomic E-state index is 0. The van der Waals surface area contributed by atoms with Crippen LogP contribution in [-0.2, 0) is 0 Å². The van der Waals surface area contributed by atoms with Crippen molar-refractivity contribution in [3.63, 3.8) is 0 Å². The Kier molecular flexibility index (Phi) is 20.5. The van der Waals surface area contributed by atoms with Gasteiger partial charge < -0.3 is 72.7 Å². The summed E-state index contributed by atoms with van der Waals surface area (Å²) in [6.45, 7) is 0. The van der Waals surface area contributed by atoms with Crippen molar-refractivity contribution in [3.8, 4) is 0 Å². The third-order valence-electron chi connectivity index (χ3n) is 0. The van der Waals surface area contributed by atoms with Crippen LogP contribution in [-0.4, -0.2) is 76.5 Å². The van der Waals surface area contributed by atoms with Crippen molar-refractivity contribution in [2.24, 2.45) is 0 Å². The molecule has 0 rings (SSSR count). The second kappa shape index (κ2) is 11.4. The first-order valence-corrected chi connectivity index (χ1v) is 7.82. The molecule has 0 saturated carbocycles. The summed E-state index contributed by atoms with van der Waals surface area (Å²) in [6.07, 6.45) is 0. The Bertz CT molecular complexity index is 93.5. The zero-order valence-corrected chi connectivity index (χ0v) is 11.9. The van der Waals surface area contributed by atoms with Crippen LogP contribution < -0.4 is 25.3 Å². The number of hydrogen-bond donors (Lipinski definition) is 9. The van der Waals surface area contributed by atoms with E-state index in [9.17, 15) is 0 Å². The van der Waals surface area contributed by atoms with Crippen LogP contribution in [0.5, 0.6) is 0 Å². The van der Waals surface area contributed by atoms with Gasteiger partial charge in [-0.05, 0) is 0 Å². The van der Waals surface area contributed by atoms with Crippen LogP contribution in [0.2, 0.25) is 0 Å². The molecule has 0 aliphatic carbocycles. The molecule has 0 spiro atoms. The fraction of sp³-hybridized carbons (Fsp3) is 0. The molecule has 0 aromatic heterocycles. The zero-order valence-electron chi connectivity index (χ0n) is 7.92. The predicted octanol–water partition coefficient (Wildman–Crippen LogP) is -10.6. The minimum Gasteiger partial charge on any atom is -0.894 e. The van der Waals surface area contributed by atoms with E-state index in [1.165, 1.54) is 0 Å². The maximum atomic E-state index is 8.58. The molecule has 0 unspecified atom stereocenters. The van der Waals surface area contributed by atoms with Gasteiger partial charge >= 0.3 is 29.1 Å². The molecular formula is H11NO12Si4. The van der Waals surface area contributed by atoms with E-state index in [4.69, 9.17) is 57.5 Å². The van der Waals surface area contributed by atoms with Crippen molar-refractivity contribution in [1.29, 1.82) is 0 Å². The maximum Gasteiger partial charge on any atom is 4.00 e. The average Bonchev–Trinajstić information content (AvgIpc) is 1.41. The van der Waals surface area contributed by atoms with Crippen molar-refractivity contribution in [1.82, 2.24) is 6.15 Å². The van der Waals surface area contributed by atoms with Crippen LogP contribution in [0.1, 0.15) is 0 Å². The Morgan fingerprint density at radius 1 is 0.529 bits per heavy atom. The summed E-state index contributed by atoms with van der Waals surface area (Å²) >= 11 is 0. The largest absolute Gasteiger partial charge is 4.00 e. The van der Waals surface area contributed by atoms with Gasteiger partial charge in [-0.1, -0.05) is 0 Å². The third kappa shape index (κ3) is 27900. The van der Waals surface area contributed by atoms with Crippen LogP contribution in [0.15, 0.2) is 0 Å². The molecular weight excluding hydrogens is 318 g/mol. The topological polar surface area (TPSA) is 289 Å². The second-order valence-corrected chi connectivity index (χ2v) is 5.10. The first-order chi connectivity index (χ1) is 6.00. The summed E-state index contributed by atoms with van der Waals surface area (Å²) in [5.41, 5.74) is 0. The fourth-order valence-corrected chi connectivity index (χ4v) is 0. The Morgan fingerprint density at radius 3 is 0.529 bits per heavy atom. The molecule has 0 aromatic rings. The van der Waals surface area contributed by atoms with Gasteiger partial charge in [0, 0.05) is 0 Å². The molecule has 0 aliphatic heterocycles. The molecule has 0 bridgehead atoms. The van der Waals surface area contributed by atoms with Gasteiger partial charge in [-0.15, -0.1) is 0 Å². The van der Waals surface area contributed by atoms with E-state index in [0.717, 1.165) is 0 Å². The fourth-order valence-electron chi connectivity index (χ4n) is 0. The summed E-state index contributed by atoms with van der Waals surface area (Å²) in [5.74, 6) is 0. The van der Waals surface area contributed by atoms with Crippen LogP contribution >= 0.6 is 0 Å². The van der Waals surface area contributed by atoms with E-state index in [2.05, 4.69) is 0 Å². The van der Waals surface area contributed by atoms with Crippen LogP contribution in [0.4, 0.5) is 0 Å². The first-order valence-electron chi connectivity index (χ1n) is 2.61. The molecule has 17 heteroatoms. The molecule has 0 atom stereocenters. The molecule has 11 N–H and O–H groups in total. The molecule has 0 aromatic carbocycles. The predicted molar refractivity (Wildman–Crippen MR) is 45.8 cm³/mol. The molecule has 0 fully saturated rings. The maximum absolute atomic E-state index is 8.58. The van der Waals surface area contributed by atoms with E-state index >= 15 is 0 Å². The smallest absolute Gasteiger partial charge is 0.894 e. The van der Waals surface area contributed by atoms with Gasteiger partial charge in [0.1, 0.15) is 0 Å². The summed E-state index contributed by atoms with van der Waals surface area (Å²) in [6, 6.07) is 0. The SMILES string of the molecule is N.O[Si](O)(O)O.O[Si](O)(O)O.[O-][Si]([O-])([O-])[O-].[Si+4]. The van der Waals surface area contributed by atoms with Gasteiger partial charge in [0.2, 0.25) is 0 Å². The van der Waals surface area contributed by atoms with Crippen molar-refractivity contribution in [3.05, 3.63) is 0 Å². The molecule has 0 saturated heterocycles. The van der Waals surface area contributed by atoms with Gasteiger partial charge in [0.15, 0.2) is 0 Å². The molecule has 0 radical (unpaired) electrons. The first kappa shape index (κ1) is 30.4. The van der Waals surface area contributed by atoms with Crippen LogP contribution in [0.3, 0.4) is 0 Å². The van der Waals surface area contributed by atoms with Crippen molar-refractivity contribution < 1.29 is 57.5 Å². The van der Waals surface area contributed by atoms with E-state index in [-0.39, 0.29) is 17.1 Å². The molecule has 0 amide bonds. The molecule has 104 valence electrons. The van der Waals surface area contributed by atoms with Gasteiger partial charge in [-0.25, -0.2) is 0 Å². The van der Waals surface area contributed by atoms with Crippen molar-refractivity contribution in [2.75, 3.05) is 0 Å². The van der Waals surface area contributed by atoms with E-state index in [1.54, 1.807) is 0 Å². The quantitative estimate of drug-likeness (QED) is 0.187. The zero-order chi connectivity index (χ0) is 13.5. The van der Waals surface area contributed by atoms with Crippen molar-refractivity contribution in [2.45, 2.75) is 0 Å². The average molecular weight is 329 g/mol. The summed E-state index contributed by atoms with van der Waals surface area (Å²) in [5, 5.41) is 0. The Balaban J connectivity index is -0.0000000400. The number of hydrogen-bond acceptors (Lipinski definition) is 13. The van der Waals surface area contributed by atoms with E-state index in [0.29, 0.717) is 0 Å². The third-order valence-corrected chi connectivity index (χ3v) is 0. The number of rotatable bonds is 0. The van der Waals surface area contributed by atoms with E-state index in [1.807, 2.05) is 0 Å². The van der Waals surface area contributed by atoms with Gasteiger partial charge in [0.25, 0.3) is 0 Å². The molecule has 0 aliphatic rings. The second-order valence-electron chi connectivity index (χ2n) is 1.70. The molecule has 0 heterocycles. The van der Waals surface area contributed by atoms with Crippen LogP contribution in [0.25, 0.3) is 0 Å². The Labute approximate surface area is 102 Å². The monoisotopic (exact) mass is 329 g/mol. The molecule has 13 nitrogen and oxygen atoms in total. The van der Waals surface area contributed by atoms with Crippen LogP contribution in [0, 0.1) is 0 Å². The normalized spacial score (nSPS) is 10.6. The van der Waals surface area contributed by atoms with Gasteiger partial charge in [0.05, 0.1) is 0 Å². The summed E-state index contributed by atoms with van der Waals surface area (Å²) in [4.78, 5) is 92.9. The minimum atomic E-state index is -5.61.